The molecule has 0 unspecified atom stereocenters. The molecule has 0 aliphatic carbocycles. The molecule has 2 atom stereocenters. The Balaban J connectivity index is 2.36. The normalized spacial score (nSPS) is 16.9. The van der Waals surface area contributed by atoms with Crippen LogP contribution >= 0.6 is 0 Å². The maximum Gasteiger partial charge on any atom is 0.306 e. The smallest absolute Gasteiger partial charge is 0.306 e. The van der Waals surface area contributed by atoms with E-state index in [1.54, 1.807) is 0 Å². The summed E-state index contributed by atoms with van der Waals surface area (Å²) in [4.78, 5) is 27.4. The van der Waals surface area contributed by atoms with Crippen LogP contribution in [0.1, 0.15) is 258 Å². The van der Waals surface area contributed by atoms with E-state index in [0.717, 1.165) is 109 Å². The van der Waals surface area contributed by atoms with Crippen LogP contribution in [0.4, 0.5) is 0 Å². The lowest BCUT2D eigenvalue weighted by molar-refractivity contribution is -0.180. The molecule has 0 aromatic heterocycles. The highest BCUT2D eigenvalue weighted by Crippen LogP contribution is 2.36. The fraction of sp³-hybridized carbons (Fsp3) is 0.960. The third kappa shape index (κ3) is 33.3. The Hall–Kier alpha value is -1.18. The van der Waals surface area contributed by atoms with Crippen molar-refractivity contribution < 1.29 is 28.5 Å². The SMILES string of the molecule is CCCCCCCCCCCOC(=O)CCCCC[C@@]1(CCCCCCCC(=O)OC(CCCCCCCC)CCCCCCCC)OC[C@H](CCCN(C)C)O1. The van der Waals surface area contributed by atoms with Crippen molar-refractivity contribution in [3.63, 3.8) is 0 Å². The molecule has 1 fully saturated rings. The lowest BCUT2D eigenvalue weighted by atomic mass is 9.99. The first-order valence-corrected chi connectivity index (χ1v) is 25.2. The molecule has 1 aliphatic heterocycles. The zero-order chi connectivity index (χ0) is 41.5. The Kier molecular flexibility index (Phi) is 36.8. The van der Waals surface area contributed by atoms with E-state index < -0.39 is 5.79 Å². The van der Waals surface area contributed by atoms with E-state index in [4.69, 9.17) is 18.9 Å². The van der Waals surface area contributed by atoms with Gasteiger partial charge in [-0.1, -0.05) is 162 Å². The number of esters is 2. The van der Waals surface area contributed by atoms with E-state index in [-0.39, 0.29) is 24.1 Å². The molecular weight excluding hydrogens is 711 g/mol. The second kappa shape index (κ2) is 39.0. The number of ether oxygens (including phenoxy) is 4. The summed E-state index contributed by atoms with van der Waals surface area (Å²) in [5.41, 5.74) is 0. The van der Waals surface area contributed by atoms with Gasteiger partial charge in [-0.25, -0.2) is 0 Å². The minimum atomic E-state index is -0.496. The highest BCUT2D eigenvalue weighted by molar-refractivity contribution is 5.69. The second-order valence-electron chi connectivity index (χ2n) is 18.0. The Bertz CT molecular complexity index is 882. The predicted molar refractivity (Wildman–Crippen MR) is 241 cm³/mol. The number of rotatable bonds is 43. The molecule has 0 bridgehead atoms. The Morgan fingerprint density at radius 2 is 1.00 bits per heavy atom. The summed E-state index contributed by atoms with van der Waals surface area (Å²) in [6, 6.07) is 0. The van der Waals surface area contributed by atoms with E-state index >= 15 is 0 Å². The van der Waals surface area contributed by atoms with E-state index in [2.05, 4.69) is 39.8 Å². The van der Waals surface area contributed by atoms with Crippen LogP contribution in [-0.4, -0.2) is 68.7 Å². The number of nitrogens with zero attached hydrogens (tertiary/aromatic N) is 1. The summed E-state index contributed by atoms with van der Waals surface area (Å²) in [7, 11) is 4.25. The summed E-state index contributed by atoms with van der Waals surface area (Å²) in [5, 5.41) is 0. The molecule has 7 nitrogen and oxygen atoms in total. The lowest BCUT2D eigenvalue weighted by Gasteiger charge is -2.28. The van der Waals surface area contributed by atoms with Crippen molar-refractivity contribution in [2.45, 2.75) is 276 Å². The van der Waals surface area contributed by atoms with Crippen LogP contribution in [0.5, 0.6) is 0 Å². The molecule has 0 aromatic carbocycles. The van der Waals surface area contributed by atoms with Gasteiger partial charge in [0.25, 0.3) is 0 Å². The van der Waals surface area contributed by atoms with Gasteiger partial charge >= 0.3 is 11.9 Å². The van der Waals surface area contributed by atoms with E-state index in [1.165, 1.54) is 122 Å². The molecule has 338 valence electrons. The first kappa shape index (κ1) is 53.8. The van der Waals surface area contributed by atoms with Gasteiger partial charge in [0.1, 0.15) is 6.10 Å². The maximum absolute atomic E-state index is 12.9. The van der Waals surface area contributed by atoms with Crippen LogP contribution in [-0.2, 0) is 28.5 Å². The molecule has 1 aliphatic rings. The largest absolute Gasteiger partial charge is 0.466 e. The third-order valence-corrected chi connectivity index (χ3v) is 12.0. The van der Waals surface area contributed by atoms with Crippen LogP contribution in [0.25, 0.3) is 0 Å². The fourth-order valence-corrected chi connectivity index (χ4v) is 8.30. The minimum Gasteiger partial charge on any atom is -0.466 e. The predicted octanol–water partition coefficient (Wildman–Crippen LogP) is 14.6. The third-order valence-electron chi connectivity index (χ3n) is 12.0. The molecule has 0 spiro atoms. The van der Waals surface area contributed by atoms with Gasteiger partial charge in [-0.3, -0.25) is 9.59 Å². The molecule has 1 saturated heterocycles. The zero-order valence-corrected chi connectivity index (χ0v) is 38.8. The van der Waals surface area contributed by atoms with Gasteiger partial charge in [0, 0.05) is 25.7 Å². The molecule has 0 aromatic rings. The van der Waals surface area contributed by atoms with Crippen LogP contribution < -0.4 is 0 Å². The second-order valence-corrected chi connectivity index (χ2v) is 18.0. The molecule has 1 rings (SSSR count). The molecule has 7 heteroatoms. The van der Waals surface area contributed by atoms with E-state index in [1.807, 2.05) is 0 Å². The van der Waals surface area contributed by atoms with E-state index in [0.29, 0.717) is 26.1 Å². The van der Waals surface area contributed by atoms with Crippen LogP contribution in [0.2, 0.25) is 0 Å². The molecule has 57 heavy (non-hydrogen) atoms. The lowest BCUT2D eigenvalue weighted by Crippen LogP contribution is -2.31. The van der Waals surface area contributed by atoms with Gasteiger partial charge in [0.05, 0.1) is 19.3 Å². The van der Waals surface area contributed by atoms with Gasteiger partial charge in [0.2, 0.25) is 0 Å². The molecule has 0 amide bonds. The number of hydrogen-bond acceptors (Lipinski definition) is 7. The van der Waals surface area contributed by atoms with Crippen molar-refractivity contribution in [1.29, 1.82) is 0 Å². The van der Waals surface area contributed by atoms with Gasteiger partial charge in [-0.05, 0) is 91.3 Å². The Morgan fingerprint density at radius 1 is 0.561 bits per heavy atom. The molecule has 0 radical (unpaired) electrons. The fourth-order valence-electron chi connectivity index (χ4n) is 8.30. The van der Waals surface area contributed by atoms with Crippen molar-refractivity contribution in [3.8, 4) is 0 Å². The minimum absolute atomic E-state index is 0.0102. The number of unbranched alkanes of at least 4 members (excludes halogenated alkanes) is 24. The summed E-state index contributed by atoms with van der Waals surface area (Å²) in [5.74, 6) is -0.534. The van der Waals surface area contributed by atoms with Crippen LogP contribution in [0.3, 0.4) is 0 Å². The molecule has 1 heterocycles. The summed E-state index contributed by atoms with van der Waals surface area (Å²) in [6.45, 7) is 9.10. The zero-order valence-electron chi connectivity index (χ0n) is 38.8. The molecule has 0 N–H and O–H groups in total. The molecule has 0 saturated carbocycles. The standard InChI is InChI=1S/C50H97NO6/c1-6-9-12-15-18-19-20-26-34-44-54-48(52)39-31-27-33-42-50(55-45-47(57-50)38-35-43-51(4)5)41-32-25-21-24-30-40-49(53)56-46(36-28-22-16-13-10-7-2)37-29-23-17-14-11-8-3/h46-47H,6-45H2,1-5H3/t47-,50-/m0/s1. The van der Waals surface area contributed by atoms with Crippen molar-refractivity contribution in [3.05, 3.63) is 0 Å². The maximum atomic E-state index is 12.9. The number of carbonyl (C=O) groups excluding carboxylic acids is 2. The van der Waals surface area contributed by atoms with Crippen LogP contribution in [0, 0.1) is 0 Å². The topological polar surface area (TPSA) is 74.3 Å². The van der Waals surface area contributed by atoms with Crippen molar-refractivity contribution >= 4 is 11.9 Å². The van der Waals surface area contributed by atoms with Gasteiger partial charge in [0.15, 0.2) is 5.79 Å². The Morgan fingerprint density at radius 3 is 1.53 bits per heavy atom. The van der Waals surface area contributed by atoms with Crippen LogP contribution in [0.15, 0.2) is 0 Å². The Labute approximate surface area is 354 Å². The highest BCUT2D eigenvalue weighted by Gasteiger charge is 2.40. The summed E-state index contributed by atoms with van der Waals surface area (Å²) < 4.78 is 24.8. The first-order valence-electron chi connectivity index (χ1n) is 25.2. The summed E-state index contributed by atoms with van der Waals surface area (Å²) >= 11 is 0. The van der Waals surface area contributed by atoms with Gasteiger partial charge < -0.3 is 23.8 Å². The molecular formula is C50H97NO6. The first-order chi connectivity index (χ1) is 27.8. The quantitative estimate of drug-likeness (QED) is 0.0449. The van der Waals surface area contributed by atoms with Gasteiger partial charge in [-0.15, -0.1) is 0 Å². The summed E-state index contributed by atoms with van der Waals surface area (Å²) in [6.07, 6.45) is 42.2. The number of hydrogen-bond donors (Lipinski definition) is 0. The van der Waals surface area contributed by atoms with Crippen molar-refractivity contribution in [2.75, 3.05) is 33.9 Å². The average molecular weight is 808 g/mol. The average Bonchev–Trinajstić information content (AvgIpc) is 3.59. The van der Waals surface area contributed by atoms with E-state index in [9.17, 15) is 9.59 Å². The van der Waals surface area contributed by atoms with Gasteiger partial charge in [-0.2, -0.15) is 0 Å². The number of carbonyl (C=O) groups is 2. The van der Waals surface area contributed by atoms with Crippen molar-refractivity contribution in [2.24, 2.45) is 0 Å². The van der Waals surface area contributed by atoms with Crippen molar-refractivity contribution in [1.82, 2.24) is 4.90 Å². The highest BCUT2D eigenvalue weighted by atomic mass is 16.7. The monoisotopic (exact) mass is 808 g/mol.